The molecule has 0 unspecified atom stereocenters. The summed E-state index contributed by atoms with van der Waals surface area (Å²) in [4.78, 5) is 0.364. The molecule has 6 heteroatoms. The Labute approximate surface area is 79.4 Å². The summed E-state index contributed by atoms with van der Waals surface area (Å²) in [5, 5.41) is 2.53. The predicted molar refractivity (Wildman–Crippen MR) is 45.6 cm³/mol. The van der Waals surface area contributed by atoms with Crippen LogP contribution in [0.15, 0.2) is 0 Å². The number of rotatable bonds is 1. The Morgan fingerprint density at radius 2 is 2.23 bits per heavy atom. The molecule has 1 aliphatic heterocycles. The largest absolute Gasteiger partial charge is 0.416 e. The van der Waals surface area contributed by atoms with Crippen molar-refractivity contribution in [3.05, 3.63) is 0 Å². The molecule has 0 saturated carbocycles. The molecule has 1 fully saturated rings. The van der Waals surface area contributed by atoms with Crippen molar-refractivity contribution < 1.29 is 17.9 Å². The molecule has 1 aliphatic rings. The van der Waals surface area contributed by atoms with E-state index in [4.69, 9.17) is 17.0 Å². The fraction of sp³-hybridized carbons (Fsp3) is 0.857. The maximum absolute atomic E-state index is 12.2. The van der Waals surface area contributed by atoms with Gasteiger partial charge in [0.05, 0.1) is 6.54 Å². The SMILES string of the molecule is CC[C@@H]1O[C@H](C(F)(F)F)CNC1=S. The molecule has 0 aromatic rings. The number of halogens is 3. The van der Waals surface area contributed by atoms with Crippen LogP contribution in [0.4, 0.5) is 13.2 Å². The van der Waals surface area contributed by atoms with Crippen LogP contribution in [-0.4, -0.2) is 29.9 Å². The van der Waals surface area contributed by atoms with Gasteiger partial charge in [-0.05, 0) is 6.42 Å². The van der Waals surface area contributed by atoms with Crippen molar-refractivity contribution in [2.45, 2.75) is 31.7 Å². The van der Waals surface area contributed by atoms with Gasteiger partial charge in [0, 0.05) is 0 Å². The van der Waals surface area contributed by atoms with E-state index in [1.54, 1.807) is 6.92 Å². The van der Waals surface area contributed by atoms with Gasteiger partial charge in [0.2, 0.25) is 0 Å². The molecule has 0 spiro atoms. The Morgan fingerprint density at radius 3 is 2.69 bits per heavy atom. The molecule has 13 heavy (non-hydrogen) atoms. The topological polar surface area (TPSA) is 21.3 Å². The second kappa shape index (κ2) is 3.79. The second-order valence-corrected chi connectivity index (χ2v) is 3.25. The third kappa shape index (κ3) is 2.54. The van der Waals surface area contributed by atoms with E-state index < -0.39 is 18.4 Å². The van der Waals surface area contributed by atoms with Crippen LogP contribution in [0.3, 0.4) is 0 Å². The van der Waals surface area contributed by atoms with Gasteiger partial charge in [-0.2, -0.15) is 13.2 Å². The quantitative estimate of drug-likeness (QED) is 0.669. The zero-order valence-corrected chi connectivity index (χ0v) is 7.84. The molecule has 1 N–H and O–H groups in total. The summed E-state index contributed by atoms with van der Waals surface area (Å²) in [6.45, 7) is 1.45. The minimum Gasteiger partial charge on any atom is -0.375 e. The lowest BCUT2D eigenvalue weighted by atomic mass is 10.2. The molecule has 1 saturated heterocycles. The average molecular weight is 213 g/mol. The highest BCUT2D eigenvalue weighted by molar-refractivity contribution is 7.80. The fourth-order valence-electron chi connectivity index (χ4n) is 1.09. The van der Waals surface area contributed by atoms with E-state index in [-0.39, 0.29) is 6.54 Å². The highest BCUT2D eigenvalue weighted by atomic mass is 32.1. The number of hydrogen-bond donors (Lipinski definition) is 1. The van der Waals surface area contributed by atoms with Crippen molar-refractivity contribution in [2.24, 2.45) is 0 Å². The minimum atomic E-state index is -4.31. The maximum atomic E-state index is 12.2. The van der Waals surface area contributed by atoms with Crippen molar-refractivity contribution in [1.29, 1.82) is 0 Å². The molecular weight excluding hydrogens is 203 g/mol. The lowest BCUT2D eigenvalue weighted by Gasteiger charge is -2.32. The standard InChI is InChI=1S/C7H10F3NOS/c1-2-4-6(13)11-3-5(12-4)7(8,9)10/h4-5H,2-3H2,1H3,(H,11,13)/t4-,5-/m0/s1. The van der Waals surface area contributed by atoms with Gasteiger partial charge in [0.15, 0.2) is 6.10 Å². The van der Waals surface area contributed by atoms with E-state index >= 15 is 0 Å². The number of nitrogens with one attached hydrogen (secondary N) is 1. The molecular formula is C7H10F3NOS. The Bertz CT molecular complexity index is 206. The van der Waals surface area contributed by atoms with Crippen LogP contribution in [-0.2, 0) is 4.74 Å². The number of hydrogen-bond acceptors (Lipinski definition) is 2. The monoisotopic (exact) mass is 213 g/mol. The molecule has 1 heterocycles. The molecule has 0 aromatic carbocycles. The van der Waals surface area contributed by atoms with E-state index in [1.807, 2.05) is 0 Å². The van der Waals surface area contributed by atoms with Crippen LogP contribution in [0.25, 0.3) is 0 Å². The molecule has 2 nitrogen and oxygen atoms in total. The molecule has 0 aromatic heterocycles. The van der Waals surface area contributed by atoms with Crippen LogP contribution >= 0.6 is 12.2 Å². The molecule has 0 radical (unpaired) electrons. The third-order valence-electron chi connectivity index (χ3n) is 1.82. The van der Waals surface area contributed by atoms with Gasteiger partial charge < -0.3 is 10.1 Å². The van der Waals surface area contributed by atoms with Crippen LogP contribution < -0.4 is 5.32 Å². The third-order valence-corrected chi connectivity index (χ3v) is 2.23. The first kappa shape index (κ1) is 10.7. The van der Waals surface area contributed by atoms with E-state index in [0.717, 1.165) is 0 Å². The van der Waals surface area contributed by atoms with E-state index in [9.17, 15) is 13.2 Å². The normalized spacial score (nSPS) is 30.0. The zero-order valence-electron chi connectivity index (χ0n) is 7.02. The second-order valence-electron chi connectivity index (χ2n) is 2.81. The first-order chi connectivity index (χ1) is 5.95. The van der Waals surface area contributed by atoms with Gasteiger partial charge in [-0.15, -0.1) is 0 Å². The van der Waals surface area contributed by atoms with Gasteiger partial charge in [0.25, 0.3) is 0 Å². The van der Waals surface area contributed by atoms with Gasteiger partial charge in [-0.3, -0.25) is 0 Å². The number of thiocarbonyl (C=S) groups is 1. The van der Waals surface area contributed by atoms with E-state index in [2.05, 4.69) is 5.32 Å². The van der Waals surface area contributed by atoms with Crippen LogP contribution in [0.5, 0.6) is 0 Å². The lowest BCUT2D eigenvalue weighted by molar-refractivity contribution is -0.227. The number of morpholine rings is 1. The summed E-state index contributed by atoms with van der Waals surface area (Å²) in [6.07, 6.45) is -6.19. The van der Waals surface area contributed by atoms with Gasteiger partial charge in [-0.25, -0.2) is 0 Å². The van der Waals surface area contributed by atoms with Crippen molar-refractivity contribution in [3.63, 3.8) is 0 Å². The van der Waals surface area contributed by atoms with Crippen molar-refractivity contribution in [2.75, 3.05) is 6.54 Å². The maximum Gasteiger partial charge on any atom is 0.416 e. The Balaban J connectivity index is 2.60. The summed E-state index contributed by atoms with van der Waals surface area (Å²) in [5.74, 6) is 0. The van der Waals surface area contributed by atoms with Crippen molar-refractivity contribution >= 4 is 17.2 Å². The van der Waals surface area contributed by atoms with Gasteiger partial charge in [0.1, 0.15) is 11.1 Å². The van der Waals surface area contributed by atoms with Crippen LogP contribution in [0, 0.1) is 0 Å². The molecule has 1 rings (SSSR count). The molecule has 0 amide bonds. The lowest BCUT2D eigenvalue weighted by Crippen LogP contribution is -2.53. The number of alkyl halides is 3. The Morgan fingerprint density at radius 1 is 1.62 bits per heavy atom. The summed E-state index contributed by atoms with van der Waals surface area (Å²) in [5.41, 5.74) is 0. The number of ether oxygens (including phenoxy) is 1. The highest BCUT2D eigenvalue weighted by Gasteiger charge is 2.44. The van der Waals surface area contributed by atoms with Crippen molar-refractivity contribution in [3.8, 4) is 0 Å². The summed E-state index contributed by atoms with van der Waals surface area (Å²) in [6, 6.07) is 0. The zero-order chi connectivity index (χ0) is 10.1. The molecule has 0 bridgehead atoms. The molecule has 0 aliphatic carbocycles. The van der Waals surface area contributed by atoms with E-state index in [1.165, 1.54) is 0 Å². The fourth-order valence-corrected chi connectivity index (χ4v) is 1.40. The Kier molecular flexibility index (Phi) is 3.13. The first-order valence-electron chi connectivity index (χ1n) is 3.95. The van der Waals surface area contributed by atoms with Gasteiger partial charge >= 0.3 is 6.18 Å². The summed E-state index contributed by atoms with van der Waals surface area (Å²) >= 11 is 4.80. The molecule has 76 valence electrons. The smallest absolute Gasteiger partial charge is 0.375 e. The predicted octanol–water partition coefficient (Wildman–Crippen LogP) is 1.64. The first-order valence-corrected chi connectivity index (χ1v) is 4.36. The van der Waals surface area contributed by atoms with Crippen LogP contribution in [0.1, 0.15) is 13.3 Å². The summed E-state index contributed by atoms with van der Waals surface area (Å²) in [7, 11) is 0. The minimum absolute atomic E-state index is 0.279. The highest BCUT2D eigenvalue weighted by Crippen LogP contribution is 2.26. The average Bonchev–Trinajstić information content (AvgIpc) is 2.03. The van der Waals surface area contributed by atoms with Crippen molar-refractivity contribution in [1.82, 2.24) is 5.32 Å². The van der Waals surface area contributed by atoms with Gasteiger partial charge in [-0.1, -0.05) is 19.1 Å². The Hall–Kier alpha value is -0.360. The molecule has 2 atom stereocenters. The van der Waals surface area contributed by atoms with E-state index in [0.29, 0.717) is 11.4 Å². The summed E-state index contributed by atoms with van der Waals surface area (Å²) < 4.78 is 41.3. The van der Waals surface area contributed by atoms with Crippen LogP contribution in [0.2, 0.25) is 0 Å².